The van der Waals surface area contributed by atoms with Gasteiger partial charge in [0.15, 0.2) is 0 Å². The predicted molar refractivity (Wildman–Crippen MR) is 121 cm³/mol. The number of sulfonamides is 2. The fraction of sp³-hybridized carbons (Fsp3) is 0.0526. The number of nitro benzene ring substituents is 2. The highest BCUT2D eigenvalue weighted by Crippen LogP contribution is 2.33. The van der Waals surface area contributed by atoms with Crippen LogP contribution in [-0.2, 0) is 20.0 Å². The van der Waals surface area contributed by atoms with Gasteiger partial charge in [-0.2, -0.15) is 0 Å². The number of anilines is 2. The number of ether oxygens (including phenoxy) is 1. The van der Waals surface area contributed by atoms with Crippen molar-refractivity contribution in [2.45, 2.75) is 9.79 Å². The second-order valence-corrected chi connectivity index (χ2v) is 10.2. The summed E-state index contributed by atoms with van der Waals surface area (Å²) < 4.78 is 87.5. The van der Waals surface area contributed by atoms with E-state index in [1.165, 1.54) is 0 Å². The van der Waals surface area contributed by atoms with Crippen LogP contribution in [0.15, 0.2) is 64.4 Å². The quantitative estimate of drug-likeness (QED) is 0.300. The third-order valence-corrected chi connectivity index (χ3v) is 7.28. The molecule has 0 aromatic heterocycles. The Bertz CT molecular complexity index is 1600. The van der Waals surface area contributed by atoms with Gasteiger partial charge in [-0.1, -0.05) is 0 Å². The summed E-state index contributed by atoms with van der Waals surface area (Å²) in [6, 6.07) is 6.47. The van der Waals surface area contributed by atoms with Crippen LogP contribution in [-0.4, -0.2) is 33.8 Å². The summed E-state index contributed by atoms with van der Waals surface area (Å²) in [4.78, 5) is 18.9. The SMILES string of the molecule is COc1ccc(S(=O)(=O)Nc2cc(F)ccc2[N+](=O)[O-])cc1S(=O)(=O)Nc1cc(F)ccc1[N+](=O)[O-]. The number of nitrogens with one attached hydrogen (secondary N) is 2. The van der Waals surface area contributed by atoms with Crippen LogP contribution in [0.2, 0.25) is 0 Å². The third-order valence-electron chi connectivity index (χ3n) is 4.53. The number of hydrogen-bond acceptors (Lipinski definition) is 9. The molecule has 2 N–H and O–H groups in total. The van der Waals surface area contributed by atoms with Crippen LogP contribution in [0.1, 0.15) is 0 Å². The number of nitro groups is 2. The lowest BCUT2D eigenvalue weighted by Crippen LogP contribution is -2.18. The Labute approximate surface area is 201 Å². The fourth-order valence-electron chi connectivity index (χ4n) is 2.94. The first kappa shape index (κ1) is 26.2. The minimum absolute atomic E-state index is 0.391. The van der Waals surface area contributed by atoms with Crippen LogP contribution in [0, 0.1) is 31.9 Å². The molecule has 0 amide bonds. The van der Waals surface area contributed by atoms with Crippen molar-refractivity contribution in [2.75, 3.05) is 16.6 Å². The van der Waals surface area contributed by atoms with Gasteiger partial charge in [-0.15, -0.1) is 0 Å². The molecule has 0 saturated carbocycles. The van der Waals surface area contributed by atoms with Gasteiger partial charge in [-0.3, -0.25) is 29.7 Å². The Kier molecular flexibility index (Phi) is 7.07. The molecule has 0 unspecified atom stereocenters. The molecule has 0 aliphatic rings. The molecule has 0 saturated heterocycles. The summed E-state index contributed by atoms with van der Waals surface area (Å²) in [7, 11) is -8.49. The molecule has 36 heavy (non-hydrogen) atoms. The summed E-state index contributed by atoms with van der Waals surface area (Å²) in [6.07, 6.45) is 0. The molecule has 0 fully saturated rings. The van der Waals surface area contributed by atoms with E-state index in [1.807, 2.05) is 9.44 Å². The van der Waals surface area contributed by atoms with E-state index in [0.717, 1.165) is 43.5 Å². The van der Waals surface area contributed by atoms with Crippen LogP contribution in [0.4, 0.5) is 31.5 Å². The molecule has 0 aliphatic carbocycles. The molecule has 0 heterocycles. The van der Waals surface area contributed by atoms with E-state index in [9.17, 15) is 45.8 Å². The van der Waals surface area contributed by atoms with Crippen molar-refractivity contribution in [3.05, 3.63) is 86.5 Å². The Morgan fingerprint density at radius 2 is 1.22 bits per heavy atom. The summed E-state index contributed by atoms with van der Waals surface area (Å²) in [5.74, 6) is -2.38. The molecule has 3 aromatic rings. The highest BCUT2D eigenvalue weighted by Gasteiger charge is 2.28. The maximum atomic E-state index is 13.6. The summed E-state index contributed by atoms with van der Waals surface area (Å²) in [5, 5.41) is 22.4. The molecule has 190 valence electrons. The van der Waals surface area contributed by atoms with E-state index in [0.29, 0.717) is 18.2 Å². The number of benzene rings is 3. The fourth-order valence-corrected chi connectivity index (χ4v) is 5.36. The molecule has 0 spiro atoms. The van der Waals surface area contributed by atoms with Gasteiger partial charge in [0.2, 0.25) is 0 Å². The smallest absolute Gasteiger partial charge is 0.293 e. The molecule has 0 aliphatic heterocycles. The van der Waals surface area contributed by atoms with Gasteiger partial charge in [-0.25, -0.2) is 25.6 Å². The van der Waals surface area contributed by atoms with Crippen LogP contribution >= 0.6 is 0 Å². The van der Waals surface area contributed by atoms with Crippen molar-refractivity contribution < 1.29 is 40.2 Å². The molecule has 0 bridgehead atoms. The zero-order valence-corrected chi connectivity index (χ0v) is 19.5. The van der Waals surface area contributed by atoms with Crippen LogP contribution in [0.3, 0.4) is 0 Å². The lowest BCUT2D eigenvalue weighted by Gasteiger charge is -2.14. The Morgan fingerprint density at radius 3 is 1.67 bits per heavy atom. The number of hydrogen-bond donors (Lipinski definition) is 2. The first-order valence-corrected chi connectivity index (χ1v) is 12.3. The highest BCUT2D eigenvalue weighted by atomic mass is 32.2. The van der Waals surface area contributed by atoms with Crippen molar-refractivity contribution in [1.29, 1.82) is 0 Å². The highest BCUT2D eigenvalue weighted by molar-refractivity contribution is 7.93. The third kappa shape index (κ3) is 5.47. The van der Waals surface area contributed by atoms with Crippen molar-refractivity contribution in [3.8, 4) is 5.75 Å². The zero-order valence-electron chi connectivity index (χ0n) is 17.8. The first-order valence-electron chi connectivity index (χ1n) is 9.37. The van der Waals surface area contributed by atoms with Crippen LogP contribution in [0.25, 0.3) is 0 Å². The summed E-state index contributed by atoms with van der Waals surface area (Å²) in [6.45, 7) is 0. The zero-order chi connectivity index (χ0) is 26.8. The normalized spacial score (nSPS) is 11.5. The average Bonchev–Trinajstić information content (AvgIpc) is 2.77. The van der Waals surface area contributed by atoms with E-state index >= 15 is 0 Å². The van der Waals surface area contributed by atoms with Gasteiger partial charge in [0.1, 0.15) is 33.7 Å². The van der Waals surface area contributed by atoms with Crippen molar-refractivity contribution in [3.63, 3.8) is 0 Å². The monoisotopic (exact) mass is 544 g/mol. The second kappa shape index (κ2) is 9.70. The van der Waals surface area contributed by atoms with Crippen molar-refractivity contribution in [2.24, 2.45) is 0 Å². The Balaban J connectivity index is 2.09. The summed E-state index contributed by atoms with van der Waals surface area (Å²) >= 11 is 0. The Morgan fingerprint density at radius 1 is 0.750 bits per heavy atom. The van der Waals surface area contributed by atoms with E-state index < -0.39 is 79.8 Å². The summed E-state index contributed by atoms with van der Waals surface area (Å²) in [5.41, 5.74) is -3.04. The van der Waals surface area contributed by atoms with E-state index in [2.05, 4.69) is 0 Å². The van der Waals surface area contributed by atoms with Gasteiger partial charge < -0.3 is 4.74 Å². The van der Waals surface area contributed by atoms with Gasteiger partial charge in [0, 0.05) is 24.3 Å². The minimum atomic E-state index is -4.82. The molecular weight excluding hydrogens is 530 g/mol. The topological polar surface area (TPSA) is 188 Å². The molecule has 13 nitrogen and oxygen atoms in total. The van der Waals surface area contributed by atoms with E-state index in [-0.39, 0.29) is 0 Å². The van der Waals surface area contributed by atoms with Crippen molar-refractivity contribution >= 4 is 42.8 Å². The molecule has 17 heteroatoms. The maximum absolute atomic E-state index is 13.6. The van der Waals surface area contributed by atoms with E-state index in [4.69, 9.17) is 4.74 Å². The van der Waals surface area contributed by atoms with Gasteiger partial charge >= 0.3 is 0 Å². The Hall–Kier alpha value is -4.38. The number of halogens is 2. The first-order chi connectivity index (χ1) is 16.7. The van der Waals surface area contributed by atoms with Gasteiger partial charge in [0.05, 0.1) is 21.9 Å². The predicted octanol–water partition coefficient (Wildman–Crippen LogP) is 3.39. The average molecular weight is 544 g/mol. The molecule has 3 aromatic carbocycles. The number of nitrogens with zero attached hydrogens (tertiary/aromatic N) is 2. The second-order valence-electron chi connectivity index (χ2n) is 6.86. The van der Waals surface area contributed by atoms with Gasteiger partial charge in [0.25, 0.3) is 31.4 Å². The number of methoxy groups -OCH3 is 1. The van der Waals surface area contributed by atoms with E-state index in [1.54, 1.807) is 0 Å². The maximum Gasteiger partial charge on any atom is 0.293 e. The molecule has 3 rings (SSSR count). The lowest BCUT2D eigenvalue weighted by atomic mass is 10.3. The van der Waals surface area contributed by atoms with Crippen molar-refractivity contribution in [1.82, 2.24) is 0 Å². The molecule has 0 radical (unpaired) electrons. The van der Waals surface area contributed by atoms with Gasteiger partial charge in [-0.05, 0) is 30.3 Å². The molecule has 0 atom stereocenters. The van der Waals surface area contributed by atoms with Crippen LogP contribution in [0.5, 0.6) is 5.75 Å². The number of rotatable bonds is 9. The standard InChI is InChI=1S/C19H14F2N4O9S2/c1-34-18-7-4-13(35(30,31)22-14-8-11(20)2-5-16(14)24(26)27)10-19(18)36(32,33)23-15-9-12(21)3-6-17(15)25(28)29/h2-10,22-23H,1H3. The largest absolute Gasteiger partial charge is 0.495 e. The molecular formula is C19H14F2N4O9S2. The van der Waals surface area contributed by atoms with Crippen LogP contribution < -0.4 is 14.2 Å². The minimum Gasteiger partial charge on any atom is -0.495 e. The lowest BCUT2D eigenvalue weighted by molar-refractivity contribution is -0.384.